The number of carboxylic acid groups (broad SMARTS) is 1. The number of hydrogen-bond donors (Lipinski definition) is 3. The Labute approximate surface area is 113 Å². The van der Waals surface area contributed by atoms with Gasteiger partial charge in [-0.05, 0) is 24.6 Å². The molecule has 1 aromatic rings. The van der Waals surface area contributed by atoms with Gasteiger partial charge in [0, 0.05) is 10.7 Å². The molecule has 1 rings (SSSR count). The lowest BCUT2D eigenvalue weighted by atomic mass is 10.2. The molecule has 0 saturated heterocycles. The number of halogens is 1. The quantitative estimate of drug-likeness (QED) is 0.797. The van der Waals surface area contributed by atoms with Gasteiger partial charge in [0.05, 0.1) is 0 Å². The lowest BCUT2D eigenvalue weighted by Crippen LogP contribution is -2.42. The van der Waals surface area contributed by atoms with Gasteiger partial charge in [-0.15, -0.1) is 0 Å². The summed E-state index contributed by atoms with van der Waals surface area (Å²) in [4.78, 5) is 21.8. The number of rotatable bonds is 4. The normalized spacial score (nSPS) is 12.1. The van der Waals surface area contributed by atoms with Gasteiger partial charge in [0.2, 0.25) is 0 Å². The maximum atomic E-state index is 11.3. The fourth-order valence-electron chi connectivity index (χ4n) is 1.12. The average Bonchev–Trinajstić information content (AvgIpc) is 2.31. The number of benzene rings is 1. The van der Waals surface area contributed by atoms with Crippen LogP contribution in [-0.4, -0.2) is 23.1 Å². The summed E-state index contributed by atoms with van der Waals surface area (Å²) in [6.07, 6.45) is 3.15. The molecule has 1 aromatic carbocycles. The predicted octanol–water partition coefficient (Wildman–Crippen LogP) is 2.19. The first-order chi connectivity index (χ1) is 8.50. The Kier molecular flexibility index (Phi) is 5.38. The van der Waals surface area contributed by atoms with Crippen molar-refractivity contribution < 1.29 is 14.7 Å². The Morgan fingerprint density at radius 1 is 1.39 bits per heavy atom. The summed E-state index contributed by atoms with van der Waals surface area (Å²) in [5, 5.41) is 13.3. The molecule has 0 heterocycles. The molecule has 0 fully saturated rings. The van der Waals surface area contributed by atoms with Crippen LogP contribution in [0.3, 0.4) is 0 Å². The van der Waals surface area contributed by atoms with E-state index in [1.165, 1.54) is 13.1 Å². The Morgan fingerprint density at radius 3 is 2.67 bits per heavy atom. The van der Waals surface area contributed by atoms with Crippen molar-refractivity contribution in [1.82, 2.24) is 10.6 Å². The van der Waals surface area contributed by atoms with Crippen LogP contribution in [0, 0.1) is 0 Å². The summed E-state index contributed by atoms with van der Waals surface area (Å²) in [5.74, 6) is -1.08. The maximum absolute atomic E-state index is 11.3. The zero-order valence-corrected chi connectivity index (χ0v) is 11.3. The first kappa shape index (κ1) is 14.2. The maximum Gasteiger partial charge on any atom is 0.325 e. The van der Waals surface area contributed by atoms with Crippen molar-refractivity contribution in [3.63, 3.8) is 0 Å². The molecule has 6 heteroatoms. The van der Waals surface area contributed by atoms with Crippen molar-refractivity contribution in [2.45, 2.75) is 13.0 Å². The number of carbonyl (C=O) groups excluding carboxylic acids is 1. The molecule has 96 valence electrons. The largest absolute Gasteiger partial charge is 0.480 e. The van der Waals surface area contributed by atoms with E-state index < -0.39 is 18.0 Å². The van der Waals surface area contributed by atoms with Crippen LogP contribution in [0.25, 0.3) is 6.08 Å². The Hall–Kier alpha value is -1.82. The zero-order valence-electron chi connectivity index (χ0n) is 9.68. The van der Waals surface area contributed by atoms with E-state index in [-0.39, 0.29) is 0 Å². The second kappa shape index (κ2) is 6.80. The number of carbonyl (C=O) groups is 2. The van der Waals surface area contributed by atoms with E-state index >= 15 is 0 Å². The van der Waals surface area contributed by atoms with Crippen LogP contribution < -0.4 is 10.6 Å². The average molecular weight is 313 g/mol. The molecule has 0 aliphatic heterocycles. The second-order valence-electron chi connectivity index (χ2n) is 3.53. The number of nitrogens with one attached hydrogen (secondary N) is 2. The molecule has 0 saturated carbocycles. The summed E-state index contributed by atoms with van der Waals surface area (Å²) >= 11 is 3.37. The highest BCUT2D eigenvalue weighted by Gasteiger charge is 2.12. The van der Waals surface area contributed by atoms with Crippen LogP contribution in [0.15, 0.2) is 34.9 Å². The summed E-state index contributed by atoms with van der Waals surface area (Å²) in [5.41, 5.74) is 0.907. The van der Waals surface area contributed by atoms with E-state index in [2.05, 4.69) is 26.6 Å². The van der Waals surface area contributed by atoms with Crippen molar-refractivity contribution in [1.29, 1.82) is 0 Å². The van der Waals surface area contributed by atoms with Crippen molar-refractivity contribution in [3.8, 4) is 0 Å². The number of urea groups is 1. The monoisotopic (exact) mass is 312 g/mol. The highest BCUT2D eigenvalue weighted by atomic mass is 79.9. The molecule has 2 amide bonds. The van der Waals surface area contributed by atoms with Crippen molar-refractivity contribution in [3.05, 3.63) is 40.5 Å². The number of aliphatic carboxylic acids is 1. The molecule has 1 unspecified atom stereocenters. The Bertz CT molecular complexity index is 474. The second-order valence-corrected chi connectivity index (χ2v) is 4.39. The van der Waals surface area contributed by atoms with Gasteiger partial charge in [0.15, 0.2) is 0 Å². The van der Waals surface area contributed by atoms with E-state index in [0.717, 1.165) is 10.0 Å². The highest BCUT2D eigenvalue weighted by Crippen LogP contribution is 2.16. The minimum atomic E-state index is -1.08. The molecule has 0 aliphatic carbocycles. The standard InChI is InChI=1S/C12H13BrN2O3/c1-8(11(16)17)15-12(18)14-7-6-9-4-2-3-5-10(9)13/h2-8H,1H3,(H,16,17)(H2,14,15,18)/b7-6+. The smallest absolute Gasteiger partial charge is 0.325 e. The summed E-state index contributed by atoms with van der Waals surface area (Å²) in [6, 6.07) is 6.02. The fraction of sp³-hybridized carbons (Fsp3) is 0.167. The SMILES string of the molecule is CC(NC(=O)N/C=C/c1ccccc1Br)C(=O)O. The van der Waals surface area contributed by atoms with Crippen LogP contribution in [0.1, 0.15) is 12.5 Å². The van der Waals surface area contributed by atoms with E-state index in [1.807, 2.05) is 24.3 Å². The molecular formula is C12H13BrN2O3. The third-order valence-electron chi connectivity index (χ3n) is 2.10. The number of amides is 2. The van der Waals surface area contributed by atoms with E-state index in [9.17, 15) is 9.59 Å². The van der Waals surface area contributed by atoms with Gasteiger partial charge in [0.1, 0.15) is 6.04 Å². The summed E-state index contributed by atoms with van der Waals surface area (Å²) in [7, 11) is 0. The lowest BCUT2D eigenvalue weighted by Gasteiger charge is -2.08. The van der Waals surface area contributed by atoms with Gasteiger partial charge in [-0.2, -0.15) is 0 Å². The van der Waals surface area contributed by atoms with Crippen molar-refractivity contribution >= 4 is 34.0 Å². The van der Waals surface area contributed by atoms with E-state index in [4.69, 9.17) is 5.11 Å². The van der Waals surface area contributed by atoms with Crippen LogP contribution in [-0.2, 0) is 4.79 Å². The Balaban J connectivity index is 2.48. The van der Waals surface area contributed by atoms with Gasteiger partial charge in [-0.3, -0.25) is 4.79 Å². The molecular weight excluding hydrogens is 300 g/mol. The molecule has 0 aliphatic rings. The molecule has 1 atom stereocenters. The van der Waals surface area contributed by atoms with Crippen LogP contribution in [0.4, 0.5) is 4.79 Å². The first-order valence-electron chi connectivity index (χ1n) is 5.21. The molecule has 0 aromatic heterocycles. The molecule has 0 spiro atoms. The minimum Gasteiger partial charge on any atom is -0.480 e. The topological polar surface area (TPSA) is 78.4 Å². The molecule has 3 N–H and O–H groups in total. The van der Waals surface area contributed by atoms with E-state index in [1.54, 1.807) is 6.08 Å². The molecule has 0 bridgehead atoms. The predicted molar refractivity (Wildman–Crippen MR) is 71.9 cm³/mol. The van der Waals surface area contributed by atoms with Gasteiger partial charge in [-0.25, -0.2) is 4.79 Å². The van der Waals surface area contributed by atoms with Gasteiger partial charge in [-0.1, -0.05) is 34.1 Å². The van der Waals surface area contributed by atoms with Gasteiger partial charge >= 0.3 is 12.0 Å². The first-order valence-corrected chi connectivity index (χ1v) is 6.01. The van der Waals surface area contributed by atoms with Gasteiger partial charge < -0.3 is 15.7 Å². The third kappa shape index (κ3) is 4.58. The molecule has 5 nitrogen and oxygen atoms in total. The summed E-state index contributed by atoms with van der Waals surface area (Å²) in [6.45, 7) is 1.39. The Morgan fingerprint density at radius 2 is 2.06 bits per heavy atom. The van der Waals surface area contributed by atoms with Gasteiger partial charge in [0.25, 0.3) is 0 Å². The van der Waals surface area contributed by atoms with Crippen LogP contribution in [0.5, 0.6) is 0 Å². The van der Waals surface area contributed by atoms with Crippen molar-refractivity contribution in [2.75, 3.05) is 0 Å². The van der Waals surface area contributed by atoms with Crippen LogP contribution >= 0.6 is 15.9 Å². The van der Waals surface area contributed by atoms with E-state index in [0.29, 0.717) is 0 Å². The third-order valence-corrected chi connectivity index (χ3v) is 2.82. The minimum absolute atomic E-state index is 0.562. The van der Waals surface area contributed by atoms with Crippen LogP contribution in [0.2, 0.25) is 0 Å². The molecule has 0 radical (unpaired) electrons. The summed E-state index contributed by atoms with van der Waals surface area (Å²) < 4.78 is 0.905. The number of carboxylic acids is 1. The lowest BCUT2D eigenvalue weighted by molar-refractivity contribution is -0.138. The fourth-order valence-corrected chi connectivity index (χ4v) is 1.53. The zero-order chi connectivity index (χ0) is 13.5. The molecule has 18 heavy (non-hydrogen) atoms. The van der Waals surface area contributed by atoms with Crippen molar-refractivity contribution in [2.24, 2.45) is 0 Å². The number of hydrogen-bond acceptors (Lipinski definition) is 2. The highest BCUT2D eigenvalue weighted by molar-refractivity contribution is 9.10.